The van der Waals surface area contributed by atoms with Crippen molar-refractivity contribution in [2.75, 3.05) is 0 Å². The standard InChI is InChI=1S/C41H26N4.C34H29BN2O2/c1-2-9-28(10-3-1)35-22-21-34-37(42-35)23-20-33-32-13-4-5-14-36(32)44-41(40(33)34)29-18-16-27(17-19-29)30-11-8-12-31(25-30)38-26-45-24-7-6-15-39(45)43-38;1-33(2)34(3,4)39-35(38-33)24-16-14-23(15-17-24)32-31-26(25-12-8-9-13-29(25)37-32)18-21-30-27(31)19-20-28(36-30)22-10-6-5-7-11-22/h1-26H;5-21H,1-4H3. The van der Waals surface area contributed by atoms with Gasteiger partial charge in [0.1, 0.15) is 5.65 Å². The zero-order valence-electron chi connectivity index (χ0n) is 46.9. The van der Waals surface area contributed by atoms with Crippen molar-refractivity contribution in [2.45, 2.75) is 38.9 Å². The zero-order chi connectivity index (χ0) is 56.5. The third-order valence-electron chi connectivity index (χ3n) is 16.9. The molecule has 0 amide bonds. The lowest BCUT2D eigenvalue weighted by Crippen LogP contribution is -2.41. The second-order valence-corrected chi connectivity index (χ2v) is 22.7. The van der Waals surface area contributed by atoms with Gasteiger partial charge in [-0.1, -0.05) is 182 Å². The van der Waals surface area contributed by atoms with E-state index in [0.717, 1.165) is 133 Å². The van der Waals surface area contributed by atoms with Crippen LogP contribution in [0.5, 0.6) is 0 Å². The molecule has 0 radical (unpaired) electrons. The van der Waals surface area contributed by atoms with E-state index in [1.807, 2.05) is 54.7 Å². The number of para-hydroxylation sites is 2. The summed E-state index contributed by atoms with van der Waals surface area (Å²) in [6.45, 7) is 8.31. The minimum absolute atomic E-state index is 0.378. The fourth-order valence-corrected chi connectivity index (χ4v) is 11.8. The van der Waals surface area contributed by atoms with Crippen LogP contribution in [-0.4, -0.2) is 47.6 Å². The van der Waals surface area contributed by atoms with Gasteiger partial charge in [-0.05, 0) is 122 Å². The molecule has 0 spiro atoms. The fraction of sp³-hybridized carbons (Fsp3) is 0.0800. The summed E-state index contributed by atoms with van der Waals surface area (Å²) in [7, 11) is -0.396. The maximum atomic E-state index is 6.28. The Balaban J connectivity index is 0.000000144. The molecule has 1 aliphatic rings. The Kier molecular flexibility index (Phi) is 12.3. The van der Waals surface area contributed by atoms with Gasteiger partial charge < -0.3 is 13.7 Å². The van der Waals surface area contributed by atoms with E-state index in [1.54, 1.807) is 0 Å². The second-order valence-electron chi connectivity index (χ2n) is 22.7. The molecule has 8 nitrogen and oxygen atoms in total. The number of nitrogens with zero attached hydrogens (tertiary/aromatic N) is 6. The summed E-state index contributed by atoms with van der Waals surface area (Å²) in [6.07, 6.45) is 4.11. The van der Waals surface area contributed by atoms with Gasteiger partial charge in [0.25, 0.3) is 0 Å². The number of benzene rings is 9. The molecule has 84 heavy (non-hydrogen) atoms. The normalized spacial score (nSPS) is 13.8. The molecule has 1 aliphatic heterocycles. The van der Waals surface area contributed by atoms with Crippen LogP contribution in [0.25, 0.3) is 138 Å². The molecule has 400 valence electrons. The quantitative estimate of drug-likeness (QED) is 0.116. The van der Waals surface area contributed by atoms with E-state index in [9.17, 15) is 0 Å². The van der Waals surface area contributed by atoms with Crippen LogP contribution in [0.15, 0.2) is 261 Å². The molecule has 16 rings (SSSR count). The Morgan fingerprint density at radius 2 is 0.774 bits per heavy atom. The Labute approximate surface area is 486 Å². The van der Waals surface area contributed by atoms with Crippen LogP contribution < -0.4 is 5.46 Å². The Hall–Kier alpha value is -10.2. The second kappa shape index (κ2) is 20.4. The van der Waals surface area contributed by atoms with Gasteiger partial charge in [-0.15, -0.1) is 0 Å². The average molecular weight is 1080 g/mol. The average Bonchev–Trinajstić information content (AvgIpc) is 1.98. The number of aromatic nitrogens is 6. The van der Waals surface area contributed by atoms with Crippen LogP contribution in [0.2, 0.25) is 0 Å². The molecular weight excluding hydrogens is 1030 g/mol. The molecule has 15 aromatic rings. The van der Waals surface area contributed by atoms with Crippen molar-refractivity contribution >= 4 is 83.4 Å². The van der Waals surface area contributed by atoms with Crippen molar-refractivity contribution in [3.63, 3.8) is 0 Å². The largest absolute Gasteiger partial charge is 0.494 e. The SMILES string of the molecule is CC1(C)OB(c2ccc(-c3nc4ccccc4c4ccc5nc(-c6ccccc6)ccc5c34)cc2)OC1(C)C.c1ccc(-c2ccc3c(ccc4c5ccccc5nc(-c5ccc(-c6cccc(-c7cn8ccccc8n7)c6)cc5)c34)n2)cc1. The number of rotatable bonds is 7. The number of imidazole rings is 1. The van der Waals surface area contributed by atoms with E-state index in [2.05, 4.69) is 238 Å². The van der Waals surface area contributed by atoms with Gasteiger partial charge in [0.15, 0.2) is 0 Å². The molecular formula is C75H55BN6O2. The third-order valence-corrected chi connectivity index (χ3v) is 16.9. The third kappa shape index (κ3) is 9.02. The predicted molar refractivity (Wildman–Crippen MR) is 346 cm³/mol. The van der Waals surface area contributed by atoms with E-state index in [4.69, 9.17) is 34.2 Å². The van der Waals surface area contributed by atoms with Crippen LogP contribution in [0.3, 0.4) is 0 Å². The highest BCUT2D eigenvalue weighted by Gasteiger charge is 2.51. The van der Waals surface area contributed by atoms with Gasteiger partial charge in [0, 0.05) is 72.5 Å². The maximum absolute atomic E-state index is 6.28. The number of hydrogen-bond donors (Lipinski definition) is 0. The van der Waals surface area contributed by atoms with E-state index in [0.29, 0.717) is 0 Å². The van der Waals surface area contributed by atoms with E-state index < -0.39 is 7.12 Å². The topological polar surface area (TPSA) is 87.3 Å². The lowest BCUT2D eigenvalue weighted by Gasteiger charge is -2.32. The van der Waals surface area contributed by atoms with Crippen molar-refractivity contribution in [1.29, 1.82) is 0 Å². The van der Waals surface area contributed by atoms with Crippen LogP contribution in [0.4, 0.5) is 0 Å². The molecule has 1 saturated heterocycles. The highest BCUT2D eigenvalue weighted by Crippen LogP contribution is 2.41. The Morgan fingerprint density at radius 3 is 1.32 bits per heavy atom. The zero-order valence-corrected chi connectivity index (χ0v) is 46.9. The highest BCUT2D eigenvalue weighted by atomic mass is 16.7. The van der Waals surface area contributed by atoms with Crippen molar-refractivity contribution in [3.8, 4) is 67.4 Å². The molecule has 6 aromatic heterocycles. The molecule has 1 fully saturated rings. The highest BCUT2D eigenvalue weighted by molar-refractivity contribution is 6.62. The smallest absolute Gasteiger partial charge is 0.399 e. The summed E-state index contributed by atoms with van der Waals surface area (Å²) in [4.78, 5) is 25.4. The van der Waals surface area contributed by atoms with Crippen LogP contribution in [0.1, 0.15) is 27.7 Å². The molecule has 0 N–H and O–H groups in total. The summed E-state index contributed by atoms with van der Waals surface area (Å²) in [6, 6.07) is 86.5. The number of pyridine rings is 5. The minimum atomic E-state index is -0.396. The minimum Gasteiger partial charge on any atom is -0.399 e. The molecule has 0 aliphatic carbocycles. The van der Waals surface area contributed by atoms with Gasteiger partial charge in [-0.25, -0.2) is 24.9 Å². The lowest BCUT2D eigenvalue weighted by atomic mass is 9.78. The first-order valence-corrected chi connectivity index (χ1v) is 28.6. The molecule has 9 heteroatoms. The predicted octanol–water partition coefficient (Wildman–Crippen LogP) is 17.8. The van der Waals surface area contributed by atoms with Crippen molar-refractivity contribution in [2.24, 2.45) is 0 Å². The van der Waals surface area contributed by atoms with Crippen molar-refractivity contribution < 1.29 is 9.31 Å². The van der Waals surface area contributed by atoms with Crippen molar-refractivity contribution in [1.82, 2.24) is 29.3 Å². The lowest BCUT2D eigenvalue weighted by molar-refractivity contribution is 0.00578. The van der Waals surface area contributed by atoms with Gasteiger partial charge in [-0.2, -0.15) is 0 Å². The van der Waals surface area contributed by atoms with Gasteiger partial charge in [0.2, 0.25) is 0 Å². The van der Waals surface area contributed by atoms with Crippen LogP contribution in [0, 0.1) is 0 Å². The maximum Gasteiger partial charge on any atom is 0.494 e. The van der Waals surface area contributed by atoms with Crippen LogP contribution in [-0.2, 0) is 9.31 Å². The summed E-state index contributed by atoms with van der Waals surface area (Å²) in [5.74, 6) is 0. The van der Waals surface area contributed by atoms with Gasteiger partial charge >= 0.3 is 7.12 Å². The summed E-state index contributed by atoms with van der Waals surface area (Å²) >= 11 is 0. The molecule has 9 aromatic carbocycles. The Bertz CT molecular complexity index is 4980. The molecule has 0 atom stereocenters. The summed E-state index contributed by atoms with van der Waals surface area (Å²) in [5.41, 5.74) is 17.6. The molecule has 0 saturated carbocycles. The summed E-state index contributed by atoms with van der Waals surface area (Å²) < 4.78 is 14.6. The summed E-state index contributed by atoms with van der Waals surface area (Å²) in [5, 5.41) is 9.07. The van der Waals surface area contributed by atoms with E-state index in [1.165, 1.54) is 10.8 Å². The first-order valence-electron chi connectivity index (χ1n) is 28.6. The van der Waals surface area contributed by atoms with Crippen LogP contribution >= 0.6 is 0 Å². The first-order chi connectivity index (χ1) is 41.1. The van der Waals surface area contributed by atoms with E-state index in [-0.39, 0.29) is 11.2 Å². The van der Waals surface area contributed by atoms with Crippen molar-refractivity contribution in [3.05, 3.63) is 261 Å². The van der Waals surface area contributed by atoms with Gasteiger partial charge in [-0.3, -0.25) is 0 Å². The fourth-order valence-electron chi connectivity index (χ4n) is 11.8. The van der Waals surface area contributed by atoms with E-state index >= 15 is 0 Å². The Morgan fingerprint density at radius 1 is 0.321 bits per heavy atom. The number of fused-ring (bicyclic) bond motifs is 11. The molecule has 0 unspecified atom stereocenters. The number of hydrogen-bond acceptors (Lipinski definition) is 7. The molecule has 0 bridgehead atoms. The molecule has 7 heterocycles. The monoisotopic (exact) mass is 1080 g/mol. The first kappa shape index (κ1) is 50.8. The van der Waals surface area contributed by atoms with Gasteiger partial charge in [0.05, 0.1) is 61.7 Å².